The first-order valence-electron chi connectivity index (χ1n) is 8.41. The van der Waals surface area contributed by atoms with Crippen molar-refractivity contribution in [2.75, 3.05) is 12.4 Å². The topological polar surface area (TPSA) is 101 Å². The largest absolute Gasteiger partial charge is 0.482 e. The molecule has 0 spiro atoms. The molecule has 3 aromatic heterocycles. The summed E-state index contributed by atoms with van der Waals surface area (Å²) in [4.78, 5) is 11.6. The third-order valence-corrected chi connectivity index (χ3v) is 5.33. The van der Waals surface area contributed by atoms with Crippen LogP contribution in [0.25, 0.3) is 17.0 Å². The van der Waals surface area contributed by atoms with E-state index in [1.807, 2.05) is 0 Å². The highest BCUT2D eigenvalue weighted by Gasteiger charge is 2.33. The third-order valence-electron chi connectivity index (χ3n) is 4.01. The minimum Gasteiger partial charge on any atom is -0.482 e. The summed E-state index contributed by atoms with van der Waals surface area (Å²) in [6.07, 6.45) is -7.25. The zero-order valence-corrected chi connectivity index (χ0v) is 16.8. The van der Waals surface area contributed by atoms with Crippen LogP contribution in [0, 0.1) is 6.92 Å². The van der Waals surface area contributed by atoms with E-state index in [2.05, 4.69) is 19.7 Å². The van der Waals surface area contributed by atoms with E-state index in [0.717, 1.165) is 24.7 Å². The zero-order chi connectivity index (χ0) is 22.3. The summed E-state index contributed by atoms with van der Waals surface area (Å²) in [5, 5.41) is 0. The Morgan fingerprint density at radius 1 is 1.10 bits per heavy atom. The number of pyridine rings is 1. The van der Waals surface area contributed by atoms with Crippen molar-refractivity contribution in [2.24, 2.45) is 0 Å². The Bertz CT molecular complexity index is 1110. The van der Waals surface area contributed by atoms with Crippen LogP contribution in [0.5, 0.6) is 5.75 Å². The summed E-state index contributed by atoms with van der Waals surface area (Å²) >= 11 is 0. The summed E-state index contributed by atoms with van der Waals surface area (Å²) < 4.78 is 94.4. The van der Waals surface area contributed by atoms with Gasteiger partial charge in [0.1, 0.15) is 34.8 Å². The second-order valence-electron chi connectivity index (χ2n) is 6.10. The minimum absolute atomic E-state index is 0. The van der Waals surface area contributed by atoms with Gasteiger partial charge in [0.2, 0.25) is 0 Å². The molecule has 0 aromatic carbocycles. The predicted molar refractivity (Wildman–Crippen MR) is 98.1 cm³/mol. The molecule has 0 radical (unpaired) electrons. The molecule has 0 saturated heterocycles. The average Bonchev–Trinajstić information content (AvgIpc) is 3.00. The Balaban J connectivity index is 0.00000341. The van der Waals surface area contributed by atoms with Gasteiger partial charge in [0, 0.05) is 17.9 Å². The number of rotatable bonds is 5. The lowest BCUT2D eigenvalue weighted by Gasteiger charge is -2.12. The van der Waals surface area contributed by atoms with Crippen LogP contribution in [-0.4, -0.2) is 47.6 Å². The highest BCUT2D eigenvalue weighted by molar-refractivity contribution is 7.85. The molecule has 14 heteroatoms. The lowest BCUT2D eigenvalue weighted by molar-refractivity contribution is -0.153. The smallest absolute Gasteiger partial charge is 0.433 e. The van der Waals surface area contributed by atoms with E-state index in [1.54, 1.807) is 13.8 Å². The molecule has 3 aromatic rings. The Kier molecular flexibility index (Phi) is 6.95. The molecule has 0 amide bonds. The quantitative estimate of drug-likeness (QED) is 0.533. The molecular formula is C17H16F6N4O3S. The molecule has 31 heavy (non-hydrogen) atoms. The molecule has 2 N–H and O–H groups in total. The van der Waals surface area contributed by atoms with Gasteiger partial charge in [-0.1, -0.05) is 6.92 Å². The molecule has 3 rings (SSSR count). The fourth-order valence-electron chi connectivity index (χ4n) is 2.62. The number of ether oxygens (including phenoxy) is 1. The van der Waals surface area contributed by atoms with Gasteiger partial charge in [0.15, 0.2) is 6.61 Å². The molecule has 0 aliphatic heterocycles. The monoisotopic (exact) mass is 470 g/mol. The molecule has 7 nitrogen and oxygen atoms in total. The van der Waals surface area contributed by atoms with E-state index in [4.69, 9.17) is 0 Å². The number of halogens is 6. The van der Waals surface area contributed by atoms with Gasteiger partial charge >= 0.3 is 12.4 Å². The number of nitrogens with zero attached hydrogens (tertiary/aromatic N) is 4. The van der Waals surface area contributed by atoms with E-state index in [1.165, 1.54) is 4.40 Å². The van der Waals surface area contributed by atoms with E-state index in [0.29, 0.717) is 5.69 Å². The van der Waals surface area contributed by atoms with Crippen molar-refractivity contribution in [2.45, 2.75) is 31.1 Å². The van der Waals surface area contributed by atoms with Crippen LogP contribution in [0.2, 0.25) is 0 Å². The van der Waals surface area contributed by atoms with Gasteiger partial charge in [-0.25, -0.2) is 15.0 Å². The maximum absolute atomic E-state index is 12.9. The van der Waals surface area contributed by atoms with Gasteiger partial charge in [0.05, 0.1) is 27.6 Å². The zero-order valence-electron chi connectivity index (χ0n) is 16.0. The van der Waals surface area contributed by atoms with Crippen molar-refractivity contribution in [1.29, 1.82) is 0 Å². The van der Waals surface area contributed by atoms with Gasteiger partial charge in [-0.05, 0) is 6.92 Å². The van der Waals surface area contributed by atoms with E-state index in [9.17, 15) is 30.6 Å². The molecule has 0 saturated carbocycles. The van der Waals surface area contributed by atoms with E-state index >= 15 is 0 Å². The molecule has 0 aliphatic carbocycles. The third kappa shape index (κ3) is 5.31. The molecule has 0 bridgehead atoms. The van der Waals surface area contributed by atoms with Crippen LogP contribution in [0.1, 0.15) is 18.3 Å². The minimum atomic E-state index is -4.66. The highest BCUT2D eigenvalue weighted by Crippen LogP contribution is 2.32. The van der Waals surface area contributed by atoms with Gasteiger partial charge in [-0.3, -0.25) is 8.61 Å². The van der Waals surface area contributed by atoms with Gasteiger partial charge in [-0.15, -0.1) is 0 Å². The van der Waals surface area contributed by atoms with E-state index < -0.39 is 35.5 Å². The van der Waals surface area contributed by atoms with E-state index in [-0.39, 0.29) is 38.9 Å². The van der Waals surface area contributed by atoms with Crippen molar-refractivity contribution in [1.82, 2.24) is 19.4 Å². The maximum atomic E-state index is 12.9. The second kappa shape index (κ2) is 8.78. The lowest BCUT2D eigenvalue weighted by Crippen LogP contribution is -2.19. The number of fused-ring (bicyclic) bond motifs is 1. The first-order chi connectivity index (χ1) is 13.9. The second-order valence-corrected chi connectivity index (χ2v) is 7.81. The summed E-state index contributed by atoms with van der Waals surface area (Å²) in [7, 11) is -1.65. The number of alkyl halides is 6. The van der Waals surface area contributed by atoms with Crippen molar-refractivity contribution in [3.05, 3.63) is 36.0 Å². The standard InChI is InChI=1S/C17H14F6N4O2S.H2O/c1-3-30(28)11-4-10(29-7-16(18,19)20)6-24-15(11)14-9(2)27-8-25-12(17(21,22)23)5-13(27)26-14;/h4-6,8H,3,7H2,1-2H3;1H2. The molecule has 0 aliphatic rings. The number of hydrogen-bond donors (Lipinski definition) is 0. The summed E-state index contributed by atoms with van der Waals surface area (Å²) in [5.74, 6) is -0.112. The molecule has 170 valence electrons. The normalized spacial score (nSPS) is 13.2. The Morgan fingerprint density at radius 2 is 1.77 bits per heavy atom. The van der Waals surface area contributed by atoms with Crippen LogP contribution in [0.15, 0.2) is 29.6 Å². The maximum Gasteiger partial charge on any atom is 0.433 e. The number of imidazole rings is 1. The summed E-state index contributed by atoms with van der Waals surface area (Å²) in [5.41, 5.74) is -0.610. The Morgan fingerprint density at radius 3 is 2.35 bits per heavy atom. The van der Waals surface area contributed by atoms with Gasteiger partial charge in [0.25, 0.3) is 0 Å². The SMILES string of the molecule is CCS(=O)c1cc(OCC(F)(F)F)cnc1-c1nc2cc(C(F)(F)F)ncn2c1C.O. The molecule has 1 unspecified atom stereocenters. The molecule has 0 fully saturated rings. The van der Waals surface area contributed by atoms with Gasteiger partial charge < -0.3 is 10.2 Å². The van der Waals surface area contributed by atoms with Crippen LogP contribution in [-0.2, 0) is 17.0 Å². The lowest BCUT2D eigenvalue weighted by atomic mass is 10.2. The van der Waals surface area contributed by atoms with Crippen LogP contribution < -0.4 is 4.74 Å². The van der Waals surface area contributed by atoms with Crippen molar-refractivity contribution in [3.8, 4) is 17.1 Å². The molecule has 1 atom stereocenters. The summed E-state index contributed by atoms with van der Waals surface area (Å²) in [6, 6.07) is 1.92. The summed E-state index contributed by atoms with van der Waals surface area (Å²) in [6.45, 7) is 1.60. The van der Waals surface area contributed by atoms with Crippen molar-refractivity contribution < 1.29 is 40.8 Å². The fourth-order valence-corrected chi connectivity index (χ4v) is 3.54. The number of aryl methyl sites for hydroxylation is 1. The van der Waals surface area contributed by atoms with Crippen molar-refractivity contribution >= 4 is 16.4 Å². The van der Waals surface area contributed by atoms with Gasteiger partial charge in [-0.2, -0.15) is 26.3 Å². The Labute approximate surface area is 173 Å². The first-order valence-corrected chi connectivity index (χ1v) is 9.73. The van der Waals surface area contributed by atoms with Crippen LogP contribution in [0.4, 0.5) is 26.3 Å². The average molecular weight is 470 g/mol. The predicted octanol–water partition coefficient (Wildman–Crippen LogP) is 3.36. The molecule has 3 heterocycles. The highest BCUT2D eigenvalue weighted by atomic mass is 32.2. The Hall–Kier alpha value is -2.74. The van der Waals surface area contributed by atoms with Crippen molar-refractivity contribution in [3.63, 3.8) is 0 Å². The fraction of sp³-hybridized carbons (Fsp3) is 0.353. The molecular weight excluding hydrogens is 454 g/mol. The number of hydrogen-bond acceptors (Lipinski definition) is 5. The van der Waals surface area contributed by atoms with Crippen LogP contribution in [0.3, 0.4) is 0 Å². The van der Waals surface area contributed by atoms with Crippen LogP contribution >= 0.6 is 0 Å². The number of aromatic nitrogens is 4. The first kappa shape index (κ1) is 24.5.